The molecule has 3 N–H and O–H groups in total. The largest absolute Gasteiger partial charge is 0.492 e. The first-order valence-corrected chi connectivity index (χ1v) is 10.2. The van der Waals surface area contributed by atoms with E-state index in [9.17, 15) is 21.8 Å². The van der Waals surface area contributed by atoms with Gasteiger partial charge < -0.3 is 5.32 Å². The summed E-state index contributed by atoms with van der Waals surface area (Å²) >= 11 is 0. The van der Waals surface area contributed by atoms with E-state index >= 15 is 4.39 Å². The number of hydrogen-bond donors (Lipinski definition) is 3. The molecule has 29 heavy (non-hydrogen) atoms. The Morgan fingerprint density at radius 1 is 1.31 bits per heavy atom. The van der Waals surface area contributed by atoms with E-state index in [1.165, 1.54) is 24.3 Å². The summed E-state index contributed by atoms with van der Waals surface area (Å²) in [5.41, 5.74) is -4.33. The summed E-state index contributed by atoms with van der Waals surface area (Å²) < 4.78 is 104. The predicted molar refractivity (Wildman–Crippen MR) is 100 cm³/mol. The fourth-order valence-electron chi connectivity index (χ4n) is 3.23. The Morgan fingerprint density at radius 3 is 2.69 bits per heavy atom. The number of alkyl halides is 3. The SMILES string of the molecule is [2H]C1([2H])C[C@H](NS(=N)(=O)C(F)(F)F)[C@H](Cc2cccc(-c3cc(C)cc(F)c3)c2F)N1. The van der Waals surface area contributed by atoms with E-state index in [2.05, 4.69) is 5.32 Å². The Balaban J connectivity index is 1.91. The number of aryl methyl sites for hydroxylation is 1. The van der Waals surface area contributed by atoms with Gasteiger partial charge >= 0.3 is 5.51 Å². The van der Waals surface area contributed by atoms with Crippen LogP contribution in [-0.2, 0) is 16.3 Å². The van der Waals surface area contributed by atoms with Crippen LogP contribution in [0.2, 0.25) is 0 Å². The predicted octanol–water partition coefficient (Wildman–Crippen LogP) is 4.28. The van der Waals surface area contributed by atoms with Gasteiger partial charge in [-0.15, -0.1) is 0 Å². The quantitative estimate of drug-likeness (QED) is 0.614. The fourth-order valence-corrected chi connectivity index (χ4v) is 4.04. The highest BCUT2D eigenvalue weighted by molar-refractivity contribution is 7.91. The summed E-state index contributed by atoms with van der Waals surface area (Å²) in [5, 5.41) is 2.48. The third-order valence-electron chi connectivity index (χ3n) is 4.61. The van der Waals surface area contributed by atoms with E-state index in [1.54, 1.807) is 17.7 Å². The van der Waals surface area contributed by atoms with Gasteiger partial charge in [0.25, 0.3) is 0 Å². The molecule has 0 saturated carbocycles. The lowest BCUT2D eigenvalue weighted by atomic mass is 9.96. The third-order valence-corrected chi connectivity index (χ3v) is 5.90. The van der Waals surface area contributed by atoms with E-state index in [-0.39, 0.29) is 23.1 Å². The van der Waals surface area contributed by atoms with Crippen molar-refractivity contribution in [2.24, 2.45) is 0 Å². The van der Waals surface area contributed by atoms with Crippen LogP contribution in [0.5, 0.6) is 0 Å². The van der Waals surface area contributed by atoms with Crippen molar-refractivity contribution >= 4 is 9.92 Å². The summed E-state index contributed by atoms with van der Waals surface area (Å²) in [7, 11) is -5.22. The minimum Gasteiger partial charge on any atom is -0.312 e. The zero-order chi connectivity index (χ0) is 23.2. The molecule has 1 aliphatic rings. The van der Waals surface area contributed by atoms with Crippen LogP contribution < -0.4 is 10.0 Å². The van der Waals surface area contributed by atoms with Crippen molar-refractivity contribution in [3.63, 3.8) is 0 Å². The molecule has 0 spiro atoms. The number of halogens is 5. The normalized spacial score (nSPS) is 24.6. The van der Waals surface area contributed by atoms with Gasteiger partial charge in [0.1, 0.15) is 11.6 Å². The highest BCUT2D eigenvalue weighted by atomic mass is 32.2. The third kappa shape index (κ3) is 4.76. The van der Waals surface area contributed by atoms with Crippen molar-refractivity contribution in [3.05, 3.63) is 59.2 Å². The van der Waals surface area contributed by atoms with Gasteiger partial charge in [0.2, 0.25) is 9.92 Å². The molecule has 2 aromatic rings. The van der Waals surface area contributed by atoms with Gasteiger partial charge in [-0.3, -0.25) is 0 Å². The Labute approximate surface area is 168 Å². The van der Waals surface area contributed by atoms with Crippen molar-refractivity contribution in [1.82, 2.24) is 10.0 Å². The summed E-state index contributed by atoms with van der Waals surface area (Å²) in [6.07, 6.45) is -0.730. The van der Waals surface area contributed by atoms with Gasteiger partial charge in [0, 0.05) is 20.4 Å². The summed E-state index contributed by atoms with van der Waals surface area (Å²) in [5.74, 6) is -1.27. The lowest BCUT2D eigenvalue weighted by Crippen LogP contribution is -2.48. The molecule has 10 heteroatoms. The topological polar surface area (TPSA) is 65.0 Å². The molecule has 0 aromatic heterocycles. The lowest BCUT2D eigenvalue weighted by molar-refractivity contribution is -0.0420. The molecule has 158 valence electrons. The van der Waals surface area contributed by atoms with Gasteiger partial charge in [-0.05, 0) is 55.1 Å². The summed E-state index contributed by atoms with van der Waals surface area (Å²) in [6, 6.07) is 5.95. The Kier molecular flexibility index (Phi) is 5.23. The van der Waals surface area contributed by atoms with E-state index in [4.69, 9.17) is 7.52 Å². The number of nitrogens with one attached hydrogen (secondary N) is 3. The Morgan fingerprint density at radius 2 is 2.03 bits per heavy atom. The average molecular weight is 435 g/mol. The van der Waals surface area contributed by atoms with Crippen LogP contribution in [0, 0.1) is 23.3 Å². The van der Waals surface area contributed by atoms with Crippen molar-refractivity contribution in [2.45, 2.75) is 37.4 Å². The molecule has 1 aliphatic heterocycles. The second-order valence-corrected chi connectivity index (χ2v) is 8.67. The van der Waals surface area contributed by atoms with Crippen LogP contribution >= 0.6 is 0 Å². The smallest absolute Gasteiger partial charge is 0.312 e. The number of hydrogen-bond acceptors (Lipinski definition) is 3. The van der Waals surface area contributed by atoms with Gasteiger partial charge in [-0.2, -0.15) is 13.2 Å². The van der Waals surface area contributed by atoms with E-state index in [1.807, 2.05) is 0 Å². The van der Waals surface area contributed by atoms with Crippen LogP contribution in [0.4, 0.5) is 22.0 Å². The van der Waals surface area contributed by atoms with Gasteiger partial charge in [-0.1, -0.05) is 24.3 Å². The number of rotatable bonds is 5. The lowest BCUT2D eigenvalue weighted by Gasteiger charge is -2.23. The molecule has 1 fully saturated rings. The number of benzene rings is 2. The molecule has 1 saturated heterocycles. The molecule has 3 rings (SSSR count). The molecular weight excluding hydrogens is 413 g/mol. The van der Waals surface area contributed by atoms with E-state index in [0.29, 0.717) is 5.56 Å². The molecule has 3 atom stereocenters. The second kappa shape index (κ2) is 8.00. The molecule has 1 heterocycles. The van der Waals surface area contributed by atoms with E-state index in [0.717, 1.165) is 6.07 Å². The van der Waals surface area contributed by atoms with Crippen LogP contribution in [-0.4, -0.2) is 28.3 Å². The van der Waals surface area contributed by atoms with Gasteiger partial charge in [0.15, 0.2) is 0 Å². The molecule has 4 nitrogen and oxygen atoms in total. The maximum absolute atomic E-state index is 15.2. The maximum atomic E-state index is 15.2. The molecule has 0 radical (unpaired) electrons. The minimum atomic E-state index is -5.34. The van der Waals surface area contributed by atoms with Crippen molar-refractivity contribution in [1.29, 1.82) is 4.78 Å². The molecule has 0 bridgehead atoms. The van der Waals surface area contributed by atoms with Gasteiger partial charge in [-0.25, -0.2) is 22.5 Å². The zero-order valence-electron chi connectivity index (χ0n) is 17.2. The Bertz CT molecular complexity index is 1070. The second-order valence-electron chi connectivity index (χ2n) is 6.86. The van der Waals surface area contributed by atoms with Crippen LogP contribution in [0.3, 0.4) is 0 Å². The highest BCUT2D eigenvalue weighted by Gasteiger charge is 2.44. The Hall–Kier alpha value is -2.04. The van der Waals surface area contributed by atoms with Crippen LogP contribution in [0.1, 0.15) is 20.3 Å². The molecule has 0 aliphatic carbocycles. The minimum absolute atomic E-state index is 0.0601. The van der Waals surface area contributed by atoms with Crippen molar-refractivity contribution in [2.75, 3.05) is 6.50 Å². The van der Waals surface area contributed by atoms with Crippen LogP contribution in [0.25, 0.3) is 11.1 Å². The first-order valence-electron chi connectivity index (χ1n) is 9.63. The van der Waals surface area contributed by atoms with Crippen molar-refractivity contribution < 1.29 is 28.9 Å². The first kappa shape index (κ1) is 19.0. The molecule has 2 aromatic carbocycles. The maximum Gasteiger partial charge on any atom is 0.492 e. The summed E-state index contributed by atoms with van der Waals surface area (Å²) in [4.78, 5) is 0. The molecular formula is C19H20F5N3OS. The fraction of sp³-hybridized carbons (Fsp3) is 0.368. The standard InChI is InChI=1S/C19H20F5N3OS/c1-11-7-13(9-14(20)8-11)15-4-2-3-12(18(15)21)10-17-16(5-6-26-17)27-29(25,28)19(22,23)24/h2-4,7-9,16-17,26H,5-6,10H2,1H3,(H2,25,27,28)/t16-,17-,29?/m0/s1/i6D2. The van der Waals surface area contributed by atoms with Crippen LogP contribution in [0.15, 0.2) is 36.4 Å². The summed E-state index contributed by atoms with van der Waals surface area (Å²) in [6.45, 7) is -0.453. The first-order chi connectivity index (χ1) is 14.2. The average Bonchev–Trinajstić information content (AvgIpc) is 2.87. The molecule has 0 amide bonds. The zero-order valence-corrected chi connectivity index (χ0v) is 16.1. The monoisotopic (exact) mass is 435 g/mol. The highest BCUT2D eigenvalue weighted by Crippen LogP contribution is 2.29. The van der Waals surface area contributed by atoms with Gasteiger partial charge in [0.05, 0.1) is 0 Å². The van der Waals surface area contributed by atoms with Crippen molar-refractivity contribution in [3.8, 4) is 11.1 Å². The van der Waals surface area contributed by atoms with E-state index < -0.39 is 52.1 Å². The molecule has 1 unspecified atom stereocenters.